The number of methoxy groups -OCH3 is 1. The number of hydrogen-bond acceptors (Lipinski definition) is 7. The molecule has 2 N–H and O–H groups in total. The lowest BCUT2D eigenvalue weighted by Gasteiger charge is -2.39. The highest BCUT2D eigenvalue weighted by Crippen LogP contribution is 2.44. The Labute approximate surface area is 245 Å². The van der Waals surface area contributed by atoms with Gasteiger partial charge in [0.05, 0.1) is 49.8 Å². The van der Waals surface area contributed by atoms with E-state index in [0.29, 0.717) is 35.4 Å². The Kier molecular flexibility index (Phi) is 8.39. The fourth-order valence-corrected chi connectivity index (χ4v) is 5.51. The summed E-state index contributed by atoms with van der Waals surface area (Å²) >= 11 is 0. The van der Waals surface area contributed by atoms with Gasteiger partial charge >= 0.3 is 12.1 Å². The van der Waals surface area contributed by atoms with Gasteiger partial charge < -0.3 is 28.7 Å². The zero-order valence-corrected chi connectivity index (χ0v) is 23.3. The number of carboxylic acids is 1. The molecule has 4 aromatic rings. The van der Waals surface area contributed by atoms with E-state index in [1.807, 2.05) is 6.07 Å². The number of carboxylic acid groups (broad SMARTS) is 1. The van der Waals surface area contributed by atoms with Crippen LogP contribution < -0.4 is 9.47 Å². The van der Waals surface area contributed by atoms with Gasteiger partial charge in [-0.3, -0.25) is 9.69 Å². The molecule has 1 unspecified atom stereocenters. The van der Waals surface area contributed by atoms with Gasteiger partial charge in [0.25, 0.3) is 0 Å². The SMILES string of the molecule is COc1cc(CC(=O)O)ccc1OC1CCN(CC(O)(c2cn(Cc3ccoc3)c3cc(C#N)ccc23)C(F)(F)F)CC1. The van der Waals surface area contributed by atoms with Crippen LogP contribution in [-0.2, 0) is 23.4 Å². The van der Waals surface area contributed by atoms with E-state index in [1.165, 1.54) is 44.0 Å². The quantitative estimate of drug-likeness (QED) is 0.260. The predicted molar refractivity (Wildman–Crippen MR) is 149 cm³/mol. The Morgan fingerprint density at radius 2 is 1.88 bits per heavy atom. The zero-order valence-electron chi connectivity index (χ0n) is 23.3. The van der Waals surface area contributed by atoms with Crippen LogP contribution in [0.5, 0.6) is 11.5 Å². The van der Waals surface area contributed by atoms with Crippen molar-refractivity contribution in [1.29, 1.82) is 5.26 Å². The number of hydrogen-bond donors (Lipinski definition) is 2. The second-order valence-corrected chi connectivity index (χ2v) is 10.7. The van der Waals surface area contributed by atoms with Crippen LogP contribution in [0.2, 0.25) is 0 Å². The van der Waals surface area contributed by atoms with Gasteiger partial charge in [0.15, 0.2) is 11.5 Å². The maximum Gasteiger partial charge on any atom is 0.422 e. The number of likely N-dealkylation sites (tertiary alicyclic amines) is 1. The molecular weight excluding hydrogens is 567 g/mol. The first kappa shape index (κ1) is 30.0. The minimum atomic E-state index is -4.99. The maximum atomic E-state index is 14.7. The molecule has 43 heavy (non-hydrogen) atoms. The molecule has 226 valence electrons. The summed E-state index contributed by atoms with van der Waals surface area (Å²) in [5.41, 5.74) is -1.51. The Balaban J connectivity index is 1.36. The van der Waals surface area contributed by atoms with Crippen LogP contribution in [0.15, 0.2) is 65.6 Å². The minimum Gasteiger partial charge on any atom is -0.493 e. The van der Waals surface area contributed by atoms with Gasteiger partial charge in [0.1, 0.15) is 6.10 Å². The number of β-amino-alcohol motifs (C(OH)–C–C–N with tert-alkyl or cyclic N) is 1. The van der Waals surface area contributed by atoms with Crippen molar-refractivity contribution in [2.75, 3.05) is 26.7 Å². The summed E-state index contributed by atoms with van der Waals surface area (Å²) < 4.78 is 62.3. The van der Waals surface area contributed by atoms with Gasteiger partial charge in [-0.1, -0.05) is 12.1 Å². The number of aliphatic carboxylic acids is 1. The van der Waals surface area contributed by atoms with E-state index in [0.717, 1.165) is 5.56 Å². The number of piperidine rings is 1. The number of nitriles is 1. The molecule has 0 amide bonds. The van der Waals surface area contributed by atoms with Gasteiger partial charge in [-0.05, 0) is 48.7 Å². The average Bonchev–Trinajstić information content (AvgIpc) is 3.62. The normalized spacial score (nSPS) is 16.1. The summed E-state index contributed by atoms with van der Waals surface area (Å²) in [7, 11) is 1.45. The molecule has 9 nitrogen and oxygen atoms in total. The molecule has 2 aromatic carbocycles. The van der Waals surface area contributed by atoms with Crippen molar-refractivity contribution in [2.45, 2.75) is 43.7 Å². The zero-order chi connectivity index (χ0) is 30.8. The van der Waals surface area contributed by atoms with E-state index >= 15 is 0 Å². The molecule has 1 aliphatic rings. The first-order valence-electron chi connectivity index (χ1n) is 13.6. The smallest absolute Gasteiger partial charge is 0.422 e. The van der Waals surface area contributed by atoms with Gasteiger partial charge in [0, 0.05) is 42.3 Å². The third-order valence-electron chi connectivity index (χ3n) is 7.72. The monoisotopic (exact) mass is 597 g/mol. The Hall–Kier alpha value is -4.47. The number of ether oxygens (including phenoxy) is 2. The van der Waals surface area contributed by atoms with Crippen molar-refractivity contribution in [3.8, 4) is 17.6 Å². The molecule has 1 atom stereocenters. The first-order valence-corrected chi connectivity index (χ1v) is 13.6. The summed E-state index contributed by atoms with van der Waals surface area (Å²) in [4.78, 5) is 12.6. The van der Waals surface area contributed by atoms with Crippen LogP contribution in [0.3, 0.4) is 0 Å². The second kappa shape index (κ2) is 12.0. The third kappa shape index (κ3) is 6.33. The van der Waals surface area contributed by atoms with E-state index in [-0.39, 0.29) is 48.7 Å². The lowest BCUT2D eigenvalue weighted by Crippen LogP contribution is -2.53. The summed E-state index contributed by atoms with van der Waals surface area (Å²) in [6.45, 7) is 0.00394. The van der Waals surface area contributed by atoms with E-state index in [1.54, 1.807) is 33.7 Å². The molecular formula is C31H30F3N3O6. The molecule has 1 aliphatic heterocycles. The summed E-state index contributed by atoms with van der Waals surface area (Å²) in [5.74, 6) is -0.181. The number of aromatic nitrogens is 1. The molecule has 2 aromatic heterocycles. The molecule has 3 heterocycles. The van der Waals surface area contributed by atoms with Crippen LogP contribution in [0.1, 0.15) is 35.1 Å². The fraction of sp³-hybridized carbons (Fsp3) is 0.355. The number of alkyl halides is 3. The molecule has 1 fully saturated rings. The number of furan rings is 1. The predicted octanol–water partition coefficient (Wildman–Crippen LogP) is 5.08. The number of benzene rings is 2. The summed E-state index contributed by atoms with van der Waals surface area (Å²) in [5, 5.41) is 30.1. The highest BCUT2D eigenvalue weighted by molar-refractivity contribution is 5.86. The molecule has 12 heteroatoms. The molecule has 0 saturated carbocycles. The highest BCUT2D eigenvalue weighted by atomic mass is 19.4. The van der Waals surface area contributed by atoms with E-state index < -0.39 is 24.3 Å². The lowest BCUT2D eigenvalue weighted by atomic mass is 9.90. The van der Waals surface area contributed by atoms with Gasteiger partial charge in [-0.25, -0.2) is 0 Å². The van der Waals surface area contributed by atoms with E-state index in [2.05, 4.69) is 0 Å². The minimum absolute atomic E-state index is 0.168. The highest BCUT2D eigenvalue weighted by Gasteiger charge is 2.57. The molecule has 0 spiro atoms. The largest absolute Gasteiger partial charge is 0.493 e. The van der Waals surface area contributed by atoms with Gasteiger partial charge in [-0.15, -0.1) is 0 Å². The standard InChI is InChI=1S/C31H30F3N3O6/c1-41-28-13-20(14-29(38)39)3-5-27(28)43-23-6-9-36(10-7-23)19-30(40,31(32,33)34)25-17-37(16-22-8-11-42-18-22)26-12-21(15-35)2-4-24(25)26/h2-5,8,11-13,17-18,23,40H,6-7,9-10,14,16,19H2,1H3,(H,38,39). The lowest BCUT2D eigenvalue weighted by molar-refractivity contribution is -0.272. The Morgan fingerprint density at radius 3 is 2.51 bits per heavy atom. The van der Waals surface area contributed by atoms with Gasteiger partial charge in [0.2, 0.25) is 5.60 Å². The van der Waals surface area contributed by atoms with Crippen molar-refractivity contribution in [2.24, 2.45) is 0 Å². The first-order chi connectivity index (χ1) is 20.5. The van der Waals surface area contributed by atoms with Crippen LogP contribution >= 0.6 is 0 Å². The molecule has 1 saturated heterocycles. The molecule has 5 rings (SSSR count). The van der Waals surface area contributed by atoms with Gasteiger partial charge in [-0.2, -0.15) is 18.4 Å². The number of carbonyl (C=O) groups is 1. The Bertz CT molecular complexity index is 1630. The third-order valence-corrected chi connectivity index (χ3v) is 7.72. The summed E-state index contributed by atoms with van der Waals surface area (Å²) in [6, 6.07) is 13.0. The topological polar surface area (TPSA) is 121 Å². The van der Waals surface area contributed by atoms with E-state index in [9.17, 15) is 28.3 Å². The van der Waals surface area contributed by atoms with Crippen LogP contribution in [0.25, 0.3) is 10.9 Å². The number of fused-ring (bicyclic) bond motifs is 1. The van der Waals surface area contributed by atoms with Crippen molar-refractivity contribution in [3.63, 3.8) is 0 Å². The summed E-state index contributed by atoms with van der Waals surface area (Å²) in [6.07, 6.45) is -0.400. The van der Waals surface area contributed by atoms with Crippen LogP contribution in [0.4, 0.5) is 13.2 Å². The van der Waals surface area contributed by atoms with Crippen LogP contribution in [-0.4, -0.2) is 64.7 Å². The Morgan fingerprint density at radius 1 is 1.12 bits per heavy atom. The molecule has 0 bridgehead atoms. The second-order valence-electron chi connectivity index (χ2n) is 10.7. The number of nitrogens with zero attached hydrogens (tertiary/aromatic N) is 3. The average molecular weight is 598 g/mol. The van der Waals surface area contributed by atoms with Crippen molar-refractivity contribution in [3.05, 3.63) is 83.4 Å². The molecule has 0 radical (unpaired) electrons. The van der Waals surface area contributed by atoms with Crippen molar-refractivity contribution < 1.29 is 42.1 Å². The number of halogens is 3. The molecule has 0 aliphatic carbocycles. The maximum absolute atomic E-state index is 14.7. The fourth-order valence-electron chi connectivity index (χ4n) is 5.51. The van der Waals surface area contributed by atoms with E-state index in [4.69, 9.17) is 19.0 Å². The van der Waals surface area contributed by atoms with Crippen LogP contribution in [0, 0.1) is 11.3 Å². The van der Waals surface area contributed by atoms with Crippen molar-refractivity contribution >= 4 is 16.9 Å². The number of rotatable bonds is 10. The number of aliphatic hydroxyl groups is 1. The van der Waals surface area contributed by atoms with Crippen molar-refractivity contribution in [1.82, 2.24) is 9.47 Å².